The molecule has 0 radical (unpaired) electrons. The van der Waals surface area contributed by atoms with Gasteiger partial charge in [-0.15, -0.1) is 0 Å². The molecular formula is C18H20FN3O2. The lowest BCUT2D eigenvalue weighted by Crippen LogP contribution is -2.51. The van der Waals surface area contributed by atoms with Crippen molar-refractivity contribution in [3.63, 3.8) is 0 Å². The van der Waals surface area contributed by atoms with Crippen LogP contribution in [0.2, 0.25) is 0 Å². The molecule has 0 heterocycles. The minimum Gasteiger partial charge on any atom is -0.340 e. The van der Waals surface area contributed by atoms with Gasteiger partial charge in [0.25, 0.3) is 11.8 Å². The second-order valence-corrected chi connectivity index (χ2v) is 5.66. The van der Waals surface area contributed by atoms with Crippen LogP contribution in [0.25, 0.3) is 0 Å². The average molecular weight is 329 g/mol. The molecule has 0 aromatic heterocycles. The van der Waals surface area contributed by atoms with Crippen molar-refractivity contribution < 1.29 is 14.0 Å². The van der Waals surface area contributed by atoms with Gasteiger partial charge in [-0.05, 0) is 30.2 Å². The first kappa shape index (κ1) is 17.5. The Morgan fingerprint density at radius 3 is 2.21 bits per heavy atom. The first-order valence-corrected chi connectivity index (χ1v) is 7.65. The van der Waals surface area contributed by atoms with E-state index < -0.39 is 23.7 Å². The van der Waals surface area contributed by atoms with Gasteiger partial charge in [0.15, 0.2) is 0 Å². The van der Waals surface area contributed by atoms with Crippen molar-refractivity contribution in [2.45, 2.75) is 19.9 Å². The first-order chi connectivity index (χ1) is 11.5. The van der Waals surface area contributed by atoms with E-state index in [2.05, 4.69) is 16.2 Å². The normalized spacial score (nSPS) is 11.7. The van der Waals surface area contributed by atoms with Crippen molar-refractivity contribution in [2.75, 3.05) is 5.43 Å². The Balaban J connectivity index is 2.02. The number of amides is 2. The highest BCUT2D eigenvalue weighted by atomic mass is 19.1. The molecule has 1 atom stereocenters. The molecule has 1 unspecified atom stereocenters. The van der Waals surface area contributed by atoms with Crippen LogP contribution in [0.5, 0.6) is 0 Å². The first-order valence-electron chi connectivity index (χ1n) is 7.65. The number of nitrogens with one attached hydrogen (secondary N) is 3. The third kappa shape index (κ3) is 4.55. The largest absolute Gasteiger partial charge is 0.340 e. The van der Waals surface area contributed by atoms with E-state index in [1.807, 2.05) is 18.2 Å². The Hall–Kier alpha value is -2.89. The highest BCUT2D eigenvalue weighted by Gasteiger charge is 2.25. The lowest BCUT2D eigenvalue weighted by Gasteiger charge is -2.22. The van der Waals surface area contributed by atoms with Crippen molar-refractivity contribution in [3.8, 4) is 0 Å². The molecule has 0 bridgehead atoms. The number of carbonyl (C=O) groups is 2. The fourth-order valence-corrected chi connectivity index (χ4v) is 2.13. The van der Waals surface area contributed by atoms with E-state index in [9.17, 15) is 14.0 Å². The molecule has 6 heteroatoms. The molecule has 2 aromatic rings. The van der Waals surface area contributed by atoms with Crippen LogP contribution in [0, 0.1) is 11.7 Å². The van der Waals surface area contributed by atoms with Crippen LogP contribution in [0.4, 0.5) is 10.1 Å². The Morgan fingerprint density at radius 2 is 1.58 bits per heavy atom. The monoisotopic (exact) mass is 329 g/mol. The standard InChI is InChI=1S/C18H20FN3O2/c1-12(2)16(18(24)22-21-13-8-4-3-5-9-13)20-17(23)14-10-6-7-11-15(14)19/h3-12,16,21H,1-2H3,(H,20,23)(H,22,24). The van der Waals surface area contributed by atoms with Gasteiger partial charge in [0.05, 0.1) is 11.3 Å². The highest BCUT2D eigenvalue weighted by molar-refractivity contribution is 5.97. The van der Waals surface area contributed by atoms with Gasteiger partial charge in [-0.1, -0.05) is 44.2 Å². The zero-order valence-electron chi connectivity index (χ0n) is 13.5. The van der Waals surface area contributed by atoms with E-state index in [1.165, 1.54) is 18.2 Å². The third-order valence-electron chi connectivity index (χ3n) is 3.46. The summed E-state index contributed by atoms with van der Waals surface area (Å²) < 4.78 is 13.7. The number of carbonyl (C=O) groups excluding carboxylic acids is 2. The van der Waals surface area contributed by atoms with Crippen LogP contribution in [0.3, 0.4) is 0 Å². The van der Waals surface area contributed by atoms with Crippen molar-refractivity contribution in [3.05, 3.63) is 66.0 Å². The Morgan fingerprint density at radius 1 is 0.958 bits per heavy atom. The molecule has 5 nitrogen and oxygen atoms in total. The maximum atomic E-state index is 13.7. The fraction of sp³-hybridized carbons (Fsp3) is 0.222. The number of benzene rings is 2. The lowest BCUT2D eigenvalue weighted by atomic mass is 10.0. The summed E-state index contributed by atoms with van der Waals surface area (Å²) in [6.07, 6.45) is 0. The number of para-hydroxylation sites is 1. The number of anilines is 1. The van der Waals surface area contributed by atoms with Crippen molar-refractivity contribution in [1.82, 2.24) is 10.7 Å². The molecule has 2 aromatic carbocycles. The molecule has 24 heavy (non-hydrogen) atoms. The molecule has 0 fully saturated rings. The fourth-order valence-electron chi connectivity index (χ4n) is 2.13. The lowest BCUT2D eigenvalue weighted by molar-refractivity contribution is -0.123. The maximum absolute atomic E-state index is 13.7. The molecule has 0 aliphatic carbocycles. The predicted molar refractivity (Wildman–Crippen MR) is 90.7 cm³/mol. The smallest absolute Gasteiger partial charge is 0.261 e. The summed E-state index contributed by atoms with van der Waals surface area (Å²) in [6, 6.07) is 14.0. The van der Waals surface area contributed by atoms with Gasteiger partial charge in [-0.3, -0.25) is 20.4 Å². The molecule has 0 saturated heterocycles. The zero-order valence-corrected chi connectivity index (χ0v) is 13.5. The minimum atomic E-state index is -0.798. The van der Waals surface area contributed by atoms with E-state index in [1.54, 1.807) is 32.0 Å². The summed E-state index contributed by atoms with van der Waals surface area (Å²) in [4.78, 5) is 24.5. The van der Waals surface area contributed by atoms with Crippen LogP contribution >= 0.6 is 0 Å². The van der Waals surface area contributed by atoms with Crippen molar-refractivity contribution >= 4 is 17.5 Å². The van der Waals surface area contributed by atoms with Gasteiger partial charge >= 0.3 is 0 Å². The molecule has 0 aliphatic heterocycles. The molecule has 0 aliphatic rings. The molecule has 0 saturated carbocycles. The molecule has 0 spiro atoms. The third-order valence-corrected chi connectivity index (χ3v) is 3.46. The van der Waals surface area contributed by atoms with E-state index in [0.29, 0.717) is 5.69 Å². The number of hydrazine groups is 1. The van der Waals surface area contributed by atoms with Gasteiger partial charge in [0.2, 0.25) is 0 Å². The van der Waals surface area contributed by atoms with Gasteiger partial charge < -0.3 is 5.32 Å². The Bertz CT molecular complexity index is 704. The van der Waals surface area contributed by atoms with Crippen LogP contribution < -0.4 is 16.2 Å². The van der Waals surface area contributed by atoms with Crippen LogP contribution in [-0.2, 0) is 4.79 Å². The van der Waals surface area contributed by atoms with Crippen LogP contribution in [0.1, 0.15) is 24.2 Å². The highest BCUT2D eigenvalue weighted by Crippen LogP contribution is 2.09. The summed E-state index contributed by atoms with van der Waals surface area (Å²) in [5.74, 6) is -1.82. The van der Waals surface area contributed by atoms with Crippen LogP contribution in [-0.4, -0.2) is 17.9 Å². The quantitative estimate of drug-likeness (QED) is 0.714. The van der Waals surface area contributed by atoms with E-state index in [-0.39, 0.29) is 11.5 Å². The maximum Gasteiger partial charge on any atom is 0.261 e. The SMILES string of the molecule is CC(C)C(NC(=O)c1ccccc1F)C(=O)NNc1ccccc1. The van der Waals surface area contributed by atoms with E-state index in [4.69, 9.17) is 0 Å². The summed E-state index contributed by atoms with van der Waals surface area (Å²) >= 11 is 0. The second-order valence-electron chi connectivity index (χ2n) is 5.66. The summed E-state index contributed by atoms with van der Waals surface area (Å²) in [6.45, 7) is 3.60. The van der Waals surface area contributed by atoms with E-state index in [0.717, 1.165) is 0 Å². The van der Waals surface area contributed by atoms with Gasteiger partial charge in [-0.25, -0.2) is 4.39 Å². The average Bonchev–Trinajstić information content (AvgIpc) is 2.58. The van der Waals surface area contributed by atoms with Crippen LogP contribution in [0.15, 0.2) is 54.6 Å². The molecule has 3 N–H and O–H groups in total. The number of halogens is 1. The number of hydrogen-bond donors (Lipinski definition) is 3. The second kappa shape index (κ2) is 8.10. The molecule has 126 valence electrons. The van der Waals surface area contributed by atoms with Crippen molar-refractivity contribution in [2.24, 2.45) is 5.92 Å². The Labute approximate surface area is 140 Å². The Kier molecular flexibility index (Phi) is 5.89. The summed E-state index contributed by atoms with van der Waals surface area (Å²) in [7, 11) is 0. The topological polar surface area (TPSA) is 70.2 Å². The summed E-state index contributed by atoms with van der Waals surface area (Å²) in [5.41, 5.74) is 5.96. The molecule has 2 rings (SSSR count). The van der Waals surface area contributed by atoms with Gasteiger partial charge in [0, 0.05) is 0 Å². The number of hydrogen-bond acceptors (Lipinski definition) is 3. The predicted octanol–water partition coefficient (Wildman–Crippen LogP) is 2.72. The minimum absolute atomic E-state index is 0.0908. The van der Waals surface area contributed by atoms with Crippen molar-refractivity contribution in [1.29, 1.82) is 0 Å². The molecule has 2 amide bonds. The zero-order chi connectivity index (χ0) is 17.5. The number of rotatable bonds is 6. The summed E-state index contributed by atoms with van der Waals surface area (Å²) in [5, 5.41) is 2.58. The molecular weight excluding hydrogens is 309 g/mol. The van der Waals surface area contributed by atoms with E-state index >= 15 is 0 Å². The van der Waals surface area contributed by atoms with Gasteiger partial charge in [0.1, 0.15) is 11.9 Å². The van der Waals surface area contributed by atoms with Gasteiger partial charge in [-0.2, -0.15) is 0 Å².